The topological polar surface area (TPSA) is 97.5 Å². The van der Waals surface area contributed by atoms with E-state index >= 15 is 0 Å². The van der Waals surface area contributed by atoms with E-state index in [9.17, 15) is 9.90 Å². The van der Waals surface area contributed by atoms with Crippen molar-refractivity contribution in [1.82, 2.24) is 4.98 Å². The van der Waals surface area contributed by atoms with E-state index in [0.717, 1.165) is 0 Å². The number of hydrogen-bond acceptors (Lipinski definition) is 6. The summed E-state index contributed by atoms with van der Waals surface area (Å²) in [6.45, 7) is 1.82. The molecule has 4 rings (SSSR count). The van der Waals surface area contributed by atoms with Crippen LogP contribution >= 0.6 is 22.9 Å². The number of nitrogen functional groups attached to an aromatic ring is 1. The third-order valence-electron chi connectivity index (χ3n) is 4.97. The van der Waals surface area contributed by atoms with Crippen LogP contribution in [0.3, 0.4) is 0 Å². The number of ether oxygens (including phenoxy) is 1. The molecule has 4 aromatic rings. The molecule has 0 saturated heterocycles. The molecule has 0 spiro atoms. The molecule has 0 aliphatic rings. The van der Waals surface area contributed by atoms with E-state index in [1.165, 1.54) is 11.3 Å². The Kier molecular flexibility index (Phi) is 5.82. The number of aromatic nitrogens is 1. The summed E-state index contributed by atoms with van der Waals surface area (Å²) >= 11 is 7.20. The molecule has 0 radical (unpaired) electrons. The molecule has 8 heteroatoms. The van der Waals surface area contributed by atoms with E-state index in [4.69, 9.17) is 22.1 Å². The third kappa shape index (κ3) is 4.20. The summed E-state index contributed by atoms with van der Waals surface area (Å²) in [5.41, 5.74) is 9.21. The van der Waals surface area contributed by atoms with Crippen LogP contribution in [0.2, 0.25) is 5.02 Å². The van der Waals surface area contributed by atoms with Gasteiger partial charge in [-0.25, -0.2) is 4.98 Å². The second kappa shape index (κ2) is 8.55. The highest BCUT2D eigenvalue weighted by Crippen LogP contribution is 2.36. The minimum Gasteiger partial charge on any atom is -0.497 e. The Morgan fingerprint density at radius 2 is 1.97 bits per heavy atom. The number of amides is 1. The third-order valence-corrected chi connectivity index (χ3v) is 6.31. The fourth-order valence-corrected chi connectivity index (χ4v) is 4.52. The smallest absolute Gasteiger partial charge is 0.267 e. The van der Waals surface area contributed by atoms with Gasteiger partial charge in [0.1, 0.15) is 21.6 Å². The van der Waals surface area contributed by atoms with Gasteiger partial charge in [0, 0.05) is 27.4 Å². The maximum absolute atomic E-state index is 12.8. The van der Waals surface area contributed by atoms with Crippen molar-refractivity contribution in [3.63, 3.8) is 0 Å². The van der Waals surface area contributed by atoms with Crippen molar-refractivity contribution in [1.29, 1.82) is 0 Å². The maximum Gasteiger partial charge on any atom is 0.267 e. The molecular formula is C23H20ClN3O3S. The first-order valence-electron chi connectivity index (χ1n) is 9.46. The summed E-state index contributed by atoms with van der Waals surface area (Å²) in [6, 6.07) is 15.9. The van der Waals surface area contributed by atoms with E-state index in [1.807, 2.05) is 6.92 Å². The van der Waals surface area contributed by atoms with E-state index < -0.39 is 6.10 Å². The van der Waals surface area contributed by atoms with Gasteiger partial charge in [-0.2, -0.15) is 0 Å². The highest BCUT2D eigenvalue weighted by Gasteiger charge is 2.21. The monoisotopic (exact) mass is 453 g/mol. The van der Waals surface area contributed by atoms with E-state index in [1.54, 1.807) is 61.7 Å². The largest absolute Gasteiger partial charge is 0.497 e. The normalized spacial score (nSPS) is 12.0. The molecule has 4 N–H and O–H groups in total. The SMILES string of the molecule is COc1ccc(C(O)c2cc3c(N)c(C(=O)Nc4cccc(Cl)c4)sc3nc2C)cc1. The van der Waals surface area contributed by atoms with Gasteiger partial charge in [0.15, 0.2) is 0 Å². The number of rotatable bonds is 5. The lowest BCUT2D eigenvalue weighted by atomic mass is 9.99. The number of methoxy groups -OCH3 is 1. The standard InChI is InChI=1S/C23H20ClN3O3S/c1-12-17(20(28)13-6-8-16(30-2)9-7-13)11-18-19(25)21(31-23(18)26-12)22(29)27-15-5-3-4-14(24)10-15/h3-11,20,28H,25H2,1-2H3,(H,27,29). The summed E-state index contributed by atoms with van der Waals surface area (Å²) < 4.78 is 5.17. The minimum absolute atomic E-state index is 0.329. The van der Waals surface area contributed by atoms with Crippen LogP contribution in [0.1, 0.15) is 32.6 Å². The number of halogens is 1. The Hall–Kier alpha value is -3.13. The Labute approximate surface area is 188 Å². The number of aliphatic hydroxyl groups excluding tert-OH is 1. The Bertz CT molecular complexity index is 1270. The van der Waals surface area contributed by atoms with Gasteiger partial charge in [-0.15, -0.1) is 11.3 Å². The molecular weight excluding hydrogens is 434 g/mol. The van der Waals surface area contributed by atoms with E-state index in [0.29, 0.717) is 54.1 Å². The summed E-state index contributed by atoms with van der Waals surface area (Å²) in [4.78, 5) is 18.4. The Morgan fingerprint density at radius 3 is 2.65 bits per heavy atom. The molecule has 31 heavy (non-hydrogen) atoms. The number of pyridine rings is 1. The average molecular weight is 454 g/mol. The molecule has 6 nitrogen and oxygen atoms in total. The first kappa shape index (κ1) is 21.1. The van der Waals surface area contributed by atoms with Crippen molar-refractivity contribution in [2.75, 3.05) is 18.2 Å². The van der Waals surface area contributed by atoms with Gasteiger partial charge in [0.05, 0.1) is 12.8 Å². The van der Waals surface area contributed by atoms with E-state index in [2.05, 4.69) is 10.3 Å². The number of aryl methyl sites for hydroxylation is 1. The zero-order valence-electron chi connectivity index (χ0n) is 16.8. The van der Waals surface area contributed by atoms with E-state index in [-0.39, 0.29) is 5.91 Å². The zero-order valence-corrected chi connectivity index (χ0v) is 18.4. The number of benzene rings is 2. The van der Waals surface area contributed by atoms with Gasteiger partial charge in [0.2, 0.25) is 0 Å². The molecule has 2 aromatic heterocycles. The Balaban J connectivity index is 1.68. The molecule has 0 aliphatic carbocycles. The lowest BCUT2D eigenvalue weighted by Gasteiger charge is -2.14. The van der Waals surface area contributed by atoms with Crippen LogP contribution in [0.4, 0.5) is 11.4 Å². The number of nitrogens with one attached hydrogen (secondary N) is 1. The highest BCUT2D eigenvalue weighted by molar-refractivity contribution is 7.21. The summed E-state index contributed by atoms with van der Waals surface area (Å²) in [5, 5.41) is 14.9. The number of fused-ring (bicyclic) bond motifs is 1. The van der Waals surface area contributed by atoms with Crippen LogP contribution in [0.25, 0.3) is 10.2 Å². The fourth-order valence-electron chi connectivity index (χ4n) is 3.31. The van der Waals surface area contributed by atoms with Gasteiger partial charge < -0.3 is 20.9 Å². The number of carbonyl (C=O) groups excluding carboxylic acids is 1. The molecule has 1 amide bonds. The van der Waals surface area contributed by atoms with Crippen LogP contribution in [-0.4, -0.2) is 23.1 Å². The summed E-state index contributed by atoms with van der Waals surface area (Å²) in [6.07, 6.45) is -0.883. The van der Waals surface area contributed by atoms with Gasteiger partial charge >= 0.3 is 0 Å². The van der Waals surface area contributed by atoms with Crippen LogP contribution in [0.5, 0.6) is 5.75 Å². The van der Waals surface area contributed by atoms with Crippen LogP contribution in [0.15, 0.2) is 54.6 Å². The second-order valence-corrected chi connectivity index (χ2v) is 8.44. The van der Waals surface area contributed by atoms with Crippen LogP contribution in [0, 0.1) is 6.92 Å². The first-order chi connectivity index (χ1) is 14.9. The molecule has 1 unspecified atom stereocenters. The average Bonchev–Trinajstić information content (AvgIpc) is 3.08. The number of anilines is 2. The number of thiophene rings is 1. The quantitative estimate of drug-likeness (QED) is 0.386. The second-order valence-electron chi connectivity index (χ2n) is 7.00. The van der Waals surface area contributed by atoms with Gasteiger partial charge in [-0.05, 0) is 48.9 Å². The number of aliphatic hydroxyl groups is 1. The first-order valence-corrected chi connectivity index (χ1v) is 10.6. The van der Waals surface area contributed by atoms with Gasteiger partial charge in [-0.1, -0.05) is 29.8 Å². The predicted octanol–water partition coefficient (Wildman–Crippen LogP) is 5.18. The lowest BCUT2D eigenvalue weighted by Crippen LogP contribution is -2.11. The van der Waals surface area contributed by atoms with Gasteiger partial charge in [0.25, 0.3) is 5.91 Å². The van der Waals surface area contributed by atoms with Crippen molar-refractivity contribution in [2.24, 2.45) is 0 Å². The molecule has 158 valence electrons. The zero-order chi connectivity index (χ0) is 22.1. The van der Waals surface area contributed by atoms with Crippen molar-refractivity contribution >= 4 is 50.4 Å². The molecule has 0 saturated carbocycles. The summed E-state index contributed by atoms with van der Waals surface area (Å²) in [5.74, 6) is 0.372. The van der Waals surface area contributed by atoms with Gasteiger partial charge in [-0.3, -0.25) is 4.79 Å². The maximum atomic E-state index is 12.8. The predicted molar refractivity (Wildman–Crippen MR) is 125 cm³/mol. The number of hydrogen-bond donors (Lipinski definition) is 3. The molecule has 2 aromatic carbocycles. The molecule has 2 heterocycles. The van der Waals surface area contributed by atoms with Crippen molar-refractivity contribution in [3.05, 3.63) is 81.3 Å². The van der Waals surface area contributed by atoms with Crippen LogP contribution < -0.4 is 15.8 Å². The van der Waals surface area contributed by atoms with Crippen molar-refractivity contribution < 1.29 is 14.6 Å². The number of nitrogens with two attached hydrogens (primary N) is 1. The van der Waals surface area contributed by atoms with Crippen molar-refractivity contribution in [2.45, 2.75) is 13.0 Å². The Morgan fingerprint density at radius 1 is 1.23 bits per heavy atom. The molecule has 0 fully saturated rings. The molecule has 0 aliphatic heterocycles. The fraction of sp³-hybridized carbons (Fsp3) is 0.130. The van der Waals surface area contributed by atoms with Crippen LogP contribution in [-0.2, 0) is 0 Å². The number of carbonyl (C=O) groups is 1. The number of nitrogens with zero attached hydrogens (tertiary/aromatic N) is 1. The summed E-state index contributed by atoms with van der Waals surface area (Å²) in [7, 11) is 1.59. The molecule has 0 bridgehead atoms. The highest BCUT2D eigenvalue weighted by atomic mass is 35.5. The minimum atomic E-state index is -0.883. The lowest BCUT2D eigenvalue weighted by molar-refractivity contribution is 0.103. The molecule has 1 atom stereocenters. The van der Waals surface area contributed by atoms with Crippen molar-refractivity contribution in [3.8, 4) is 5.75 Å².